The van der Waals surface area contributed by atoms with Gasteiger partial charge in [-0.15, -0.1) is 0 Å². The molecule has 1 fully saturated rings. The van der Waals surface area contributed by atoms with Crippen LogP contribution in [-0.2, 0) is 20.3 Å². The van der Waals surface area contributed by atoms with Gasteiger partial charge in [0.05, 0.1) is 6.10 Å². The molecule has 2 heterocycles. The number of rotatable bonds is 4. The molecular weight excluding hydrogens is 296 g/mol. The summed E-state index contributed by atoms with van der Waals surface area (Å²) in [5.41, 5.74) is -1.67. The molecule has 2 rings (SSSR count). The van der Waals surface area contributed by atoms with Gasteiger partial charge in [0.1, 0.15) is 0 Å². The van der Waals surface area contributed by atoms with E-state index in [0.717, 1.165) is 23.6 Å². The summed E-state index contributed by atoms with van der Waals surface area (Å²) in [6.07, 6.45) is 3.51. The Bertz CT molecular complexity index is 672. The first kappa shape index (κ1) is 14.3. The van der Waals surface area contributed by atoms with Gasteiger partial charge in [-0.2, -0.15) is 0 Å². The van der Waals surface area contributed by atoms with E-state index in [9.17, 15) is 18.0 Å². The minimum Gasteiger partial charge on any atom is -0.378 e. The number of hydrogen-bond acceptors (Lipinski definition) is 5. The molecule has 0 aromatic carbocycles. The molecule has 0 aliphatic carbocycles. The van der Waals surface area contributed by atoms with Crippen molar-refractivity contribution in [3.8, 4) is 0 Å². The SMILES string of the molecule is O=c1[nH]c(=O)n(CCC2CCCO2)cc1S(=O)(=O)Cl. The zero-order chi connectivity index (χ0) is 14.0. The maximum Gasteiger partial charge on any atom is 0.328 e. The molecule has 0 amide bonds. The highest BCUT2D eigenvalue weighted by Gasteiger charge is 2.19. The monoisotopic (exact) mass is 308 g/mol. The van der Waals surface area contributed by atoms with Gasteiger partial charge in [-0.1, -0.05) is 0 Å². The third kappa shape index (κ3) is 3.46. The third-order valence-corrected chi connectivity index (χ3v) is 4.27. The maximum atomic E-state index is 11.6. The lowest BCUT2D eigenvalue weighted by molar-refractivity contribution is 0.0999. The molecule has 19 heavy (non-hydrogen) atoms. The van der Waals surface area contributed by atoms with Crippen molar-refractivity contribution in [2.75, 3.05) is 6.61 Å². The molecule has 1 aromatic rings. The lowest BCUT2D eigenvalue weighted by atomic mass is 10.2. The Morgan fingerprint density at radius 3 is 2.79 bits per heavy atom. The van der Waals surface area contributed by atoms with Crippen LogP contribution in [-0.4, -0.2) is 30.7 Å². The number of ether oxygens (including phenoxy) is 1. The quantitative estimate of drug-likeness (QED) is 0.792. The minimum absolute atomic E-state index is 0.0647. The van der Waals surface area contributed by atoms with Gasteiger partial charge in [0, 0.05) is 30.0 Å². The molecule has 0 saturated carbocycles. The second-order valence-electron chi connectivity index (χ2n) is 4.31. The lowest BCUT2D eigenvalue weighted by Crippen LogP contribution is -2.32. The fourth-order valence-corrected chi connectivity index (χ4v) is 2.84. The van der Waals surface area contributed by atoms with Crippen molar-refractivity contribution in [2.45, 2.75) is 36.8 Å². The number of hydrogen-bond donors (Lipinski definition) is 1. The molecule has 1 saturated heterocycles. The van der Waals surface area contributed by atoms with Gasteiger partial charge in [-0.05, 0) is 19.3 Å². The van der Waals surface area contributed by atoms with Crippen LogP contribution in [0.5, 0.6) is 0 Å². The molecule has 9 heteroatoms. The summed E-state index contributed by atoms with van der Waals surface area (Å²) < 4.78 is 28.9. The summed E-state index contributed by atoms with van der Waals surface area (Å²) >= 11 is 0. The van der Waals surface area contributed by atoms with Crippen molar-refractivity contribution in [2.24, 2.45) is 0 Å². The van der Waals surface area contributed by atoms with Crippen molar-refractivity contribution >= 4 is 19.7 Å². The third-order valence-electron chi connectivity index (χ3n) is 2.96. The topological polar surface area (TPSA) is 98.2 Å². The van der Waals surface area contributed by atoms with Gasteiger partial charge in [0.2, 0.25) is 0 Å². The van der Waals surface area contributed by atoms with Crippen molar-refractivity contribution in [1.29, 1.82) is 0 Å². The van der Waals surface area contributed by atoms with Gasteiger partial charge in [0.15, 0.2) is 4.90 Å². The molecule has 106 valence electrons. The van der Waals surface area contributed by atoms with E-state index in [1.54, 1.807) is 0 Å². The molecule has 1 aliphatic heterocycles. The number of nitrogens with one attached hydrogen (secondary N) is 1. The van der Waals surface area contributed by atoms with E-state index in [0.29, 0.717) is 13.0 Å². The Kier molecular flexibility index (Phi) is 4.12. The van der Waals surface area contributed by atoms with E-state index < -0.39 is 25.2 Å². The number of nitrogens with zero attached hydrogens (tertiary/aromatic N) is 1. The first-order chi connectivity index (χ1) is 8.88. The first-order valence-electron chi connectivity index (χ1n) is 5.78. The molecule has 0 radical (unpaired) electrons. The van der Waals surface area contributed by atoms with E-state index in [1.165, 1.54) is 0 Å². The normalized spacial score (nSPS) is 19.7. The van der Waals surface area contributed by atoms with Crippen LogP contribution < -0.4 is 11.2 Å². The highest BCUT2D eigenvalue weighted by molar-refractivity contribution is 8.13. The van der Waals surface area contributed by atoms with Gasteiger partial charge >= 0.3 is 5.69 Å². The van der Waals surface area contributed by atoms with Crippen molar-refractivity contribution in [3.63, 3.8) is 0 Å². The van der Waals surface area contributed by atoms with E-state index in [4.69, 9.17) is 15.4 Å². The Labute approximate surface area is 113 Å². The van der Waals surface area contributed by atoms with Crippen LogP contribution in [0.25, 0.3) is 0 Å². The fraction of sp³-hybridized carbons (Fsp3) is 0.600. The summed E-state index contributed by atoms with van der Waals surface area (Å²) in [7, 11) is 0.955. The van der Waals surface area contributed by atoms with Crippen molar-refractivity contribution in [1.82, 2.24) is 9.55 Å². The second kappa shape index (κ2) is 5.48. The Morgan fingerprint density at radius 2 is 2.21 bits per heavy atom. The number of aromatic amines is 1. The van der Waals surface area contributed by atoms with Crippen molar-refractivity contribution in [3.05, 3.63) is 27.0 Å². The van der Waals surface area contributed by atoms with E-state index in [2.05, 4.69) is 0 Å². The number of aromatic nitrogens is 2. The fourth-order valence-electron chi connectivity index (χ4n) is 1.98. The molecule has 1 aliphatic rings. The van der Waals surface area contributed by atoms with Crippen LogP contribution in [0.4, 0.5) is 0 Å². The van der Waals surface area contributed by atoms with E-state index in [-0.39, 0.29) is 12.6 Å². The number of aryl methyl sites for hydroxylation is 1. The van der Waals surface area contributed by atoms with Gasteiger partial charge in [-0.3, -0.25) is 14.3 Å². The Hall–Kier alpha value is -1.12. The Morgan fingerprint density at radius 1 is 1.47 bits per heavy atom. The summed E-state index contributed by atoms with van der Waals surface area (Å²) in [6, 6.07) is 0. The minimum atomic E-state index is -4.17. The summed E-state index contributed by atoms with van der Waals surface area (Å²) in [5, 5.41) is 0. The van der Waals surface area contributed by atoms with Gasteiger partial charge in [-0.25, -0.2) is 13.2 Å². The molecule has 0 bridgehead atoms. The summed E-state index contributed by atoms with van der Waals surface area (Å²) in [5.74, 6) is 0. The first-order valence-corrected chi connectivity index (χ1v) is 8.09. The highest BCUT2D eigenvalue weighted by Crippen LogP contribution is 2.16. The summed E-state index contributed by atoms with van der Waals surface area (Å²) in [4.78, 5) is 24.2. The lowest BCUT2D eigenvalue weighted by Gasteiger charge is -2.10. The average molecular weight is 309 g/mol. The van der Waals surface area contributed by atoms with Crippen LogP contribution in [0.2, 0.25) is 0 Å². The summed E-state index contributed by atoms with van der Waals surface area (Å²) in [6.45, 7) is 0.964. The molecule has 1 unspecified atom stereocenters. The molecule has 1 aromatic heterocycles. The predicted molar refractivity (Wildman–Crippen MR) is 68.0 cm³/mol. The van der Waals surface area contributed by atoms with Gasteiger partial charge < -0.3 is 4.74 Å². The second-order valence-corrected chi connectivity index (χ2v) is 6.84. The largest absolute Gasteiger partial charge is 0.378 e. The molecule has 7 nitrogen and oxygen atoms in total. The van der Waals surface area contributed by atoms with Crippen LogP contribution in [0.3, 0.4) is 0 Å². The van der Waals surface area contributed by atoms with Crippen LogP contribution in [0.15, 0.2) is 20.7 Å². The standard InChI is InChI=1S/C10H13ClN2O5S/c11-19(16,17)8-6-13(10(15)12-9(8)14)4-3-7-2-1-5-18-7/h6-7H,1-5H2,(H,12,14,15). The Balaban J connectivity index is 2.25. The van der Waals surface area contributed by atoms with E-state index >= 15 is 0 Å². The molecule has 1 N–H and O–H groups in total. The smallest absolute Gasteiger partial charge is 0.328 e. The zero-order valence-electron chi connectivity index (χ0n) is 9.96. The van der Waals surface area contributed by atoms with Crippen LogP contribution in [0, 0.1) is 0 Å². The van der Waals surface area contributed by atoms with Crippen LogP contribution in [0.1, 0.15) is 19.3 Å². The van der Waals surface area contributed by atoms with Gasteiger partial charge in [0.25, 0.3) is 14.6 Å². The zero-order valence-corrected chi connectivity index (χ0v) is 11.5. The van der Waals surface area contributed by atoms with Crippen LogP contribution >= 0.6 is 10.7 Å². The number of halogens is 1. The average Bonchev–Trinajstić information content (AvgIpc) is 2.79. The highest BCUT2D eigenvalue weighted by atomic mass is 35.7. The predicted octanol–water partition coefficient (Wildman–Crippen LogP) is 0.0332. The maximum absolute atomic E-state index is 11.6. The molecule has 1 atom stereocenters. The van der Waals surface area contributed by atoms with Crippen molar-refractivity contribution < 1.29 is 13.2 Å². The number of H-pyrrole nitrogens is 1. The molecular formula is C10H13ClN2O5S. The molecule has 0 spiro atoms. The van der Waals surface area contributed by atoms with E-state index in [1.807, 2.05) is 4.98 Å².